The number of ether oxygens (including phenoxy) is 1. The molecule has 0 aliphatic carbocycles. The van der Waals surface area contributed by atoms with Crippen molar-refractivity contribution in [1.29, 1.82) is 0 Å². The average molecular weight is 524 g/mol. The van der Waals surface area contributed by atoms with Gasteiger partial charge < -0.3 is 4.74 Å². The van der Waals surface area contributed by atoms with Gasteiger partial charge in [0.05, 0.1) is 21.2 Å². The van der Waals surface area contributed by atoms with E-state index in [1.165, 1.54) is 12.1 Å². The van der Waals surface area contributed by atoms with E-state index in [2.05, 4.69) is 0 Å². The van der Waals surface area contributed by atoms with Gasteiger partial charge in [-0.1, -0.05) is 47.5 Å². The van der Waals surface area contributed by atoms with E-state index in [0.717, 1.165) is 11.6 Å². The fourth-order valence-corrected chi connectivity index (χ4v) is 4.34. The molecule has 3 aromatic rings. The largest absolute Gasteiger partial charge is 0.489 e. The summed E-state index contributed by atoms with van der Waals surface area (Å²) < 4.78 is 45.4. The van der Waals surface area contributed by atoms with Gasteiger partial charge in [-0.3, -0.25) is 9.59 Å². The molecule has 10 heteroatoms. The van der Waals surface area contributed by atoms with Crippen molar-refractivity contribution in [2.75, 3.05) is 4.90 Å². The predicted octanol–water partition coefficient (Wildman–Crippen LogP) is 7.83. The molecule has 4 rings (SSSR count). The van der Waals surface area contributed by atoms with E-state index in [-0.39, 0.29) is 10.6 Å². The number of carbonyl (C=O) groups is 2. The molecule has 34 heavy (non-hydrogen) atoms. The molecule has 0 aromatic heterocycles. The third-order valence-corrected chi connectivity index (χ3v) is 6.23. The molecule has 0 spiro atoms. The zero-order chi connectivity index (χ0) is 24.5. The first-order valence-electron chi connectivity index (χ1n) is 9.74. The number of amides is 2. The molecule has 1 fully saturated rings. The lowest BCUT2D eigenvalue weighted by Gasteiger charge is -2.16. The summed E-state index contributed by atoms with van der Waals surface area (Å²) in [4.78, 5) is 26.1. The maximum absolute atomic E-state index is 13.2. The van der Waals surface area contributed by atoms with Crippen molar-refractivity contribution >= 4 is 57.9 Å². The van der Waals surface area contributed by atoms with E-state index in [1.807, 2.05) is 12.1 Å². The van der Waals surface area contributed by atoms with Gasteiger partial charge in [0.15, 0.2) is 0 Å². The van der Waals surface area contributed by atoms with Gasteiger partial charge in [0, 0.05) is 5.02 Å². The van der Waals surface area contributed by atoms with Crippen LogP contribution in [0.15, 0.2) is 71.6 Å². The lowest BCUT2D eigenvalue weighted by Crippen LogP contribution is -2.28. The van der Waals surface area contributed by atoms with Crippen LogP contribution >= 0.6 is 35.0 Å². The van der Waals surface area contributed by atoms with Crippen LogP contribution in [0.5, 0.6) is 5.75 Å². The van der Waals surface area contributed by atoms with Gasteiger partial charge in [0.2, 0.25) is 0 Å². The number of alkyl halides is 3. The van der Waals surface area contributed by atoms with Gasteiger partial charge in [-0.15, -0.1) is 0 Å². The zero-order valence-corrected chi connectivity index (χ0v) is 19.4. The molecule has 174 valence electrons. The van der Waals surface area contributed by atoms with Gasteiger partial charge in [0.1, 0.15) is 12.4 Å². The Balaban J connectivity index is 1.53. The number of halogens is 5. The molecular formula is C24H14Cl2F3NO3S. The number of imide groups is 1. The van der Waals surface area contributed by atoms with E-state index in [0.29, 0.717) is 45.7 Å². The summed E-state index contributed by atoms with van der Waals surface area (Å²) in [6.45, 7) is 0.301. The Morgan fingerprint density at radius 3 is 2.41 bits per heavy atom. The molecule has 0 radical (unpaired) electrons. The molecule has 3 aromatic carbocycles. The molecule has 0 unspecified atom stereocenters. The van der Waals surface area contributed by atoms with Crippen molar-refractivity contribution in [2.24, 2.45) is 0 Å². The first-order valence-corrected chi connectivity index (χ1v) is 11.3. The number of anilines is 1. The summed E-state index contributed by atoms with van der Waals surface area (Å²) in [6, 6.07) is 16.9. The van der Waals surface area contributed by atoms with Crippen molar-refractivity contribution in [3.63, 3.8) is 0 Å². The fraction of sp³-hybridized carbons (Fsp3) is 0.0833. The second-order valence-electron chi connectivity index (χ2n) is 7.17. The smallest absolute Gasteiger partial charge is 0.417 e. The molecule has 1 aliphatic heterocycles. The van der Waals surface area contributed by atoms with Crippen LogP contribution in [0.2, 0.25) is 10.0 Å². The Morgan fingerprint density at radius 2 is 1.71 bits per heavy atom. The standard InChI is InChI=1S/C24H14Cl2F3NO3S/c25-16-6-4-14(5-7-16)13-33-18-3-1-2-15(10-18)11-21-22(31)30(23(32)34-21)17-8-9-20(26)19(12-17)24(27,28)29/h1-12H,13H2/b21-11-. The summed E-state index contributed by atoms with van der Waals surface area (Å²) in [5, 5.41) is -0.607. The Labute approximate surface area is 206 Å². The molecule has 2 amide bonds. The topological polar surface area (TPSA) is 46.6 Å². The third kappa shape index (κ3) is 5.41. The molecule has 0 N–H and O–H groups in total. The summed E-state index contributed by atoms with van der Waals surface area (Å²) in [6.07, 6.45) is -3.24. The number of hydrogen-bond acceptors (Lipinski definition) is 4. The van der Waals surface area contributed by atoms with Gasteiger partial charge in [-0.05, 0) is 71.4 Å². The minimum absolute atomic E-state index is 0.0726. The minimum atomic E-state index is -4.73. The van der Waals surface area contributed by atoms with Gasteiger partial charge >= 0.3 is 6.18 Å². The van der Waals surface area contributed by atoms with Crippen molar-refractivity contribution in [1.82, 2.24) is 0 Å². The second-order valence-corrected chi connectivity index (χ2v) is 9.00. The van der Waals surface area contributed by atoms with Crippen molar-refractivity contribution in [3.8, 4) is 5.75 Å². The second kappa shape index (κ2) is 9.74. The first-order chi connectivity index (χ1) is 16.1. The van der Waals surface area contributed by atoms with Crippen molar-refractivity contribution in [2.45, 2.75) is 12.8 Å². The number of nitrogens with zero attached hydrogens (tertiary/aromatic N) is 1. The quantitative estimate of drug-likeness (QED) is 0.319. The van der Waals surface area contributed by atoms with Crippen LogP contribution in [-0.2, 0) is 17.6 Å². The number of hydrogen-bond donors (Lipinski definition) is 0. The number of carbonyl (C=O) groups excluding carboxylic acids is 2. The molecule has 0 atom stereocenters. The zero-order valence-electron chi connectivity index (χ0n) is 17.1. The monoisotopic (exact) mass is 523 g/mol. The lowest BCUT2D eigenvalue weighted by atomic mass is 10.1. The summed E-state index contributed by atoms with van der Waals surface area (Å²) in [7, 11) is 0. The SMILES string of the molecule is O=C1S/C(=C\c2cccc(OCc3ccc(Cl)cc3)c2)C(=O)N1c1ccc(Cl)c(C(F)(F)F)c1. The molecule has 1 aliphatic rings. The summed E-state index contributed by atoms with van der Waals surface area (Å²) in [5.74, 6) is -0.187. The Kier molecular flexibility index (Phi) is 6.93. The van der Waals surface area contributed by atoms with Crippen LogP contribution in [-0.4, -0.2) is 11.1 Å². The molecular weight excluding hydrogens is 510 g/mol. The van der Waals surface area contributed by atoms with Crippen LogP contribution in [0.4, 0.5) is 23.7 Å². The van der Waals surface area contributed by atoms with E-state index >= 15 is 0 Å². The third-order valence-electron chi connectivity index (χ3n) is 4.78. The molecule has 0 bridgehead atoms. The highest BCUT2D eigenvalue weighted by Crippen LogP contribution is 2.40. The Hall–Kier alpha value is -2.94. The molecule has 1 saturated heterocycles. The maximum Gasteiger partial charge on any atom is 0.417 e. The summed E-state index contributed by atoms with van der Waals surface area (Å²) >= 11 is 12.2. The van der Waals surface area contributed by atoms with E-state index in [1.54, 1.807) is 36.4 Å². The number of benzene rings is 3. The highest BCUT2D eigenvalue weighted by molar-refractivity contribution is 8.19. The van der Waals surface area contributed by atoms with E-state index in [9.17, 15) is 22.8 Å². The van der Waals surface area contributed by atoms with Crippen LogP contribution in [0.3, 0.4) is 0 Å². The molecule has 1 heterocycles. The van der Waals surface area contributed by atoms with Crippen LogP contribution in [0.25, 0.3) is 6.08 Å². The highest BCUT2D eigenvalue weighted by atomic mass is 35.5. The number of rotatable bonds is 5. The summed E-state index contributed by atoms with van der Waals surface area (Å²) in [5.41, 5.74) is 0.172. The average Bonchev–Trinajstić information content (AvgIpc) is 3.06. The highest BCUT2D eigenvalue weighted by Gasteiger charge is 2.39. The fourth-order valence-electron chi connectivity index (χ4n) is 3.15. The van der Waals surface area contributed by atoms with Crippen molar-refractivity contribution in [3.05, 3.63) is 98.4 Å². The maximum atomic E-state index is 13.2. The normalized spacial score (nSPS) is 15.3. The van der Waals surface area contributed by atoms with E-state index < -0.39 is 27.9 Å². The van der Waals surface area contributed by atoms with E-state index in [4.69, 9.17) is 27.9 Å². The van der Waals surface area contributed by atoms with Gasteiger partial charge in [0.25, 0.3) is 11.1 Å². The first kappa shape index (κ1) is 24.2. The molecule has 4 nitrogen and oxygen atoms in total. The Bertz CT molecular complexity index is 1290. The van der Waals surface area contributed by atoms with Gasteiger partial charge in [-0.25, -0.2) is 4.90 Å². The minimum Gasteiger partial charge on any atom is -0.489 e. The molecule has 0 saturated carbocycles. The van der Waals surface area contributed by atoms with Gasteiger partial charge in [-0.2, -0.15) is 13.2 Å². The number of thioether (sulfide) groups is 1. The van der Waals surface area contributed by atoms with Crippen LogP contribution < -0.4 is 9.64 Å². The Morgan fingerprint density at radius 1 is 0.971 bits per heavy atom. The lowest BCUT2D eigenvalue weighted by molar-refractivity contribution is -0.137. The van der Waals surface area contributed by atoms with Crippen molar-refractivity contribution < 1.29 is 27.5 Å². The van der Waals surface area contributed by atoms with Crippen LogP contribution in [0, 0.1) is 0 Å². The van der Waals surface area contributed by atoms with Crippen LogP contribution in [0.1, 0.15) is 16.7 Å². The predicted molar refractivity (Wildman–Crippen MR) is 127 cm³/mol.